The van der Waals surface area contributed by atoms with Crippen molar-refractivity contribution >= 4 is 17.5 Å². The zero-order valence-corrected chi connectivity index (χ0v) is 8.87. The van der Waals surface area contributed by atoms with Gasteiger partial charge < -0.3 is 14.5 Å². The largest absolute Gasteiger partial charge is 0.347 e. The predicted octanol–water partition coefficient (Wildman–Crippen LogP) is -0.00390. The highest BCUT2D eigenvalue weighted by Gasteiger charge is 2.27. The van der Waals surface area contributed by atoms with Crippen LogP contribution in [0.4, 0.5) is 0 Å². The fourth-order valence-electron chi connectivity index (χ4n) is 2.02. The quantitative estimate of drug-likeness (QED) is 0.738. The fraction of sp³-hybridized carbons (Fsp3) is 0.400. The van der Waals surface area contributed by atoms with E-state index >= 15 is 0 Å². The van der Waals surface area contributed by atoms with Crippen molar-refractivity contribution in [2.45, 2.75) is 25.2 Å². The highest BCUT2D eigenvalue weighted by atomic mass is 16.5. The Morgan fingerprint density at radius 1 is 1.47 bits per heavy atom. The third-order valence-corrected chi connectivity index (χ3v) is 2.86. The van der Waals surface area contributed by atoms with E-state index in [2.05, 4.69) is 15.0 Å². The molecular weight excluding hydrogens is 224 g/mol. The maximum atomic E-state index is 11.5. The summed E-state index contributed by atoms with van der Waals surface area (Å²) in [5, 5.41) is 0. The van der Waals surface area contributed by atoms with Gasteiger partial charge in [-0.2, -0.15) is 0 Å². The number of carbonyl (C=O) groups is 1. The lowest BCUT2D eigenvalue weighted by Gasteiger charge is -2.12. The summed E-state index contributed by atoms with van der Waals surface area (Å²) in [5.74, 6) is 0. The second-order valence-corrected chi connectivity index (χ2v) is 3.90. The third kappa shape index (κ3) is 1.55. The Bertz CT molecular complexity index is 617. The molecule has 0 spiro atoms. The Morgan fingerprint density at radius 3 is 3.12 bits per heavy atom. The van der Waals surface area contributed by atoms with Gasteiger partial charge in [0.1, 0.15) is 18.6 Å². The lowest BCUT2D eigenvalue weighted by molar-refractivity contribution is -0.119. The minimum absolute atomic E-state index is 0.274. The lowest BCUT2D eigenvalue weighted by atomic mass is 10.2. The number of ether oxygens (including phenoxy) is 1. The van der Waals surface area contributed by atoms with Crippen molar-refractivity contribution in [3.63, 3.8) is 0 Å². The second-order valence-electron chi connectivity index (χ2n) is 3.90. The molecule has 3 heterocycles. The van der Waals surface area contributed by atoms with Crippen LogP contribution in [0.2, 0.25) is 0 Å². The minimum atomic E-state index is -0.376. The number of fused-ring (bicyclic) bond motifs is 1. The van der Waals surface area contributed by atoms with Gasteiger partial charge >= 0.3 is 0 Å². The summed E-state index contributed by atoms with van der Waals surface area (Å²) in [4.78, 5) is 32.6. The molecule has 17 heavy (non-hydrogen) atoms. The van der Waals surface area contributed by atoms with E-state index in [1.165, 1.54) is 12.7 Å². The molecule has 0 aromatic carbocycles. The van der Waals surface area contributed by atoms with Crippen LogP contribution in [0, 0.1) is 0 Å². The molecule has 0 amide bonds. The van der Waals surface area contributed by atoms with Gasteiger partial charge in [-0.1, -0.05) is 0 Å². The zero-order valence-electron chi connectivity index (χ0n) is 8.87. The van der Waals surface area contributed by atoms with E-state index in [1.54, 1.807) is 4.57 Å². The van der Waals surface area contributed by atoms with E-state index in [9.17, 15) is 9.59 Å². The predicted molar refractivity (Wildman–Crippen MR) is 57.4 cm³/mol. The summed E-state index contributed by atoms with van der Waals surface area (Å²) < 4.78 is 7.19. The molecule has 0 bridgehead atoms. The van der Waals surface area contributed by atoms with Crippen LogP contribution in [0.15, 0.2) is 17.4 Å². The molecule has 2 aromatic rings. The second kappa shape index (κ2) is 3.77. The molecule has 0 radical (unpaired) electrons. The number of rotatable bonds is 2. The first-order valence-corrected chi connectivity index (χ1v) is 5.30. The van der Waals surface area contributed by atoms with Gasteiger partial charge in [0.2, 0.25) is 0 Å². The molecule has 2 atom stereocenters. The Morgan fingerprint density at radius 2 is 2.35 bits per heavy atom. The maximum Gasteiger partial charge on any atom is 0.278 e. The van der Waals surface area contributed by atoms with Crippen molar-refractivity contribution in [1.29, 1.82) is 0 Å². The SMILES string of the molecule is O=C[C@@H]1CC[C@H](n2cnc3c(=O)[nH]cnc32)O1. The molecule has 88 valence electrons. The van der Waals surface area contributed by atoms with Gasteiger partial charge in [0, 0.05) is 0 Å². The fourth-order valence-corrected chi connectivity index (χ4v) is 2.02. The van der Waals surface area contributed by atoms with Crippen molar-refractivity contribution in [3.8, 4) is 0 Å². The average Bonchev–Trinajstić information content (AvgIpc) is 2.94. The molecule has 1 N–H and O–H groups in total. The number of aromatic amines is 1. The maximum absolute atomic E-state index is 11.5. The Labute approximate surface area is 95.4 Å². The van der Waals surface area contributed by atoms with E-state index in [0.29, 0.717) is 18.5 Å². The average molecular weight is 234 g/mol. The summed E-state index contributed by atoms with van der Waals surface area (Å²) in [6, 6.07) is 0. The first kappa shape index (κ1) is 10.2. The molecule has 1 saturated heterocycles. The molecule has 2 aromatic heterocycles. The summed E-state index contributed by atoms with van der Waals surface area (Å²) >= 11 is 0. The Hall–Kier alpha value is -2.02. The van der Waals surface area contributed by atoms with E-state index in [-0.39, 0.29) is 23.4 Å². The van der Waals surface area contributed by atoms with Crippen LogP contribution < -0.4 is 5.56 Å². The van der Waals surface area contributed by atoms with Crippen LogP contribution in [0.25, 0.3) is 11.2 Å². The van der Waals surface area contributed by atoms with Gasteiger partial charge in [-0.15, -0.1) is 0 Å². The van der Waals surface area contributed by atoms with Crippen molar-refractivity contribution in [2.75, 3.05) is 0 Å². The number of imidazole rings is 1. The third-order valence-electron chi connectivity index (χ3n) is 2.86. The smallest absolute Gasteiger partial charge is 0.278 e. The normalized spacial score (nSPS) is 24.2. The molecular formula is C10H10N4O3. The van der Waals surface area contributed by atoms with Crippen molar-refractivity contribution in [2.24, 2.45) is 0 Å². The molecule has 1 fully saturated rings. The number of hydrogen-bond donors (Lipinski definition) is 1. The Balaban J connectivity index is 2.04. The molecule has 0 aliphatic carbocycles. The van der Waals surface area contributed by atoms with Gasteiger partial charge in [0.15, 0.2) is 11.2 Å². The minimum Gasteiger partial charge on any atom is -0.347 e. The monoisotopic (exact) mass is 234 g/mol. The summed E-state index contributed by atoms with van der Waals surface area (Å²) in [6.07, 6.45) is 4.38. The number of aromatic nitrogens is 4. The zero-order chi connectivity index (χ0) is 11.8. The van der Waals surface area contributed by atoms with Crippen molar-refractivity contribution < 1.29 is 9.53 Å². The van der Waals surface area contributed by atoms with Gasteiger partial charge in [0.25, 0.3) is 5.56 Å². The molecule has 3 rings (SSSR count). The topological polar surface area (TPSA) is 89.9 Å². The number of nitrogens with zero attached hydrogens (tertiary/aromatic N) is 3. The summed E-state index contributed by atoms with van der Waals surface area (Å²) in [6.45, 7) is 0. The summed E-state index contributed by atoms with van der Waals surface area (Å²) in [7, 11) is 0. The number of hydrogen-bond acceptors (Lipinski definition) is 5. The van der Waals surface area contributed by atoms with Crippen LogP contribution in [0.1, 0.15) is 19.1 Å². The Kier molecular flexibility index (Phi) is 2.25. The van der Waals surface area contributed by atoms with Gasteiger partial charge in [0.05, 0.1) is 12.7 Å². The molecule has 0 unspecified atom stereocenters. The highest BCUT2D eigenvalue weighted by molar-refractivity contribution is 5.68. The van der Waals surface area contributed by atoms with Crippen molar-refractivity contribution in [3.05, 3.63) is 23.0 Å². The van der Waals surface area contributed by atoms with Crippen LogP contribution in [0.3, 0.4) is 0 Å². The van der Waals surface area contributed by atoms with Crippen LogP contribution in [-0.4, -0.2) is 31.9 Å². The van der Waals surface area contributed by atoms with Crippen LogP contribution in [-0.2, 0) is 9.53 Å². The molecule has 7 nitrogen and oxygen atoms in total. The van der Waals surface area contributed by atoms with E-state index in [4.69, 9.17) is 4.74 Å². The number of carbonyl (C=O) groups excluding carboxylic acids is 1. The standard InChI is InChI=1S/C10H10N4O3/c15-3-6-1-2-7(17-6)14-5-13-8-9(14)11-4-12-10(8)16/h3-7H,1-2H2,(H,11,12,16)/t6-,7+/m0/s1. The molecule has 0 saturated carbocycles. The number of nitrogens with one attached hydrogen (secondary N) is 1. The lowest BCUT2D eigenvalue weighted by Crippen LogP contribution is -2.13. The van der Waals surface area contributed by atoms with Gasteiger partial charge in [-0.05, 0) is 12.8 Å². The molecule has 1 aliphatic heterocycles. The van der Waals surface area contributed by atoms with E-state index in [1.807, 2.05) is 0 Å². The molecule has 1 aliphatic rings. The number of H-pyrrole nitrogens is 1. The van der Waals surface area contributed by atoms with E-state index < -0.39 is 0 Å². The first-order chi connectivity index (χ1) is 8.29. The van der Waals surface area contributed by atoms with Crippen molar-refractivity contribution in [1.82, 2.24) is 19.5 Å². The molecule has 7 heteroatoms. The first-order valence-electron chi connectivity index (χ1n) is 5.30. The van der Waals surface area contributed by atoms with Gasteiger partial charge in [-0.3, -0.25) is 9.36 Å². The van der Waals surface area contributed by atoms with Crippen LogP contribution >= 0.6 is 0 Å². The number of aldehydes is 1. The van der Waals surface area contributed by atoms with Gasteiger partial charge in [-0.25, -0.2) is 9.97 Å². The van der Waals surface area contributed by atoms with E-state index in [0.717, 1.165) is 6.29 Å². The highest BCUT2D eigenvalue weighted by Crippen LogP contribution is 2.28. The van der Waals surface area contributed by atoms with Crippen LogP contribution in [0.5, 0.6) is 0 Å². The summed E-state index contributed by atoms with van der Waals surface area (Å²) in [5.41, 5.74) is 0.481.